The number of halogens is 3. The Kier molecular flexibility index (Phi) is 5.15. The summed E-state index contributed by atoms with van der Waals surface area (Å²) in [5, 5.41) is 2.74. The fraction of sp³-hybridized carbons (Fsp3) is 0.647. The molecule has 1 aromatic heterocycles. The van der Waals surface area contributed by atoms with Crippen LogP contribution in [-0.4, -0.2) is 45.8 Å². The van der Waals surface area contributed by atoms with Gasteiger partial charge in [0, 0.05) is 37.7 Å². The van der Waals surface area contributed by atoms with E-state index in [-0.39, 0.29) is 48.3 Å². The Hall–Kier alpha value is -2.19. The minimum atomic E-state index is -4.52. The lowest BCUT2D eigenvalue weighted by atomic mass is 9.96. The van der Waals surface area contributed by atoms with Gasteiger partial charge in [-0.1, -0.05) is 0 Å². The molecule has 3 rings (SSSR count). The zero-order valence-electron chi connectivity index (χ0n) is 14.5. The van der Waals surface area contributed by atoms with Crippen LogP contribution < -0.4 is 5.32 Å². The molecule has 1 saturated heterocycles. The predicted molar refractivity (Wildman–Crippen MR) is 85.9 cm³/mol. The van der Waals surface area contributed by atoms with Crippen molar-refractivity contribution in [3.8, 4) is 0 Å². The van der Waals surface area contributed by atoms with Crippen LogP contribution in [-0.2, 0) is 22.2 Å². The van der Waals surface area contributed by atoms with Gasteiger partial charge in [-0.3, -0.25) is 9.59 Å². The molecule has 0 spiro atoms. The van der Waals surface area contributed by atoms with E-state index in [1.807, 2.05) is 0 Å². The van der Waals surface area contributed by atoms with Crippen LogP contribution in [0.25, 0.3) is 0 Å². The van der Waals surface area contributed by atoms with Crippen LogP contribution in [0.1, 0.15) is 42.9 Å². The van der Waals surface area contributed by atoms with Crippen LogP contribution in [0.5, 0.6) is 0 Å². The minimum Gasteiger partial charge on any atom is -0.355 e. The first-order chi connectivity index (χ1) is 12.2. The Balaban J connectivity index is 1.52. The largest absolute Gasteiger partial charge is 0.433 e. The highest BCUT2D eigenvalue weighted by molar-refractivity contribution is 5.84. The normalized spacial score (nSPS) is 21.0. The number of alkyl halides is 3. The molecular weight excluding hydrogens is 349 g/mol. The van der Waals surface area contributed by atoms with E-state index in [0.717, 1.165) is 18.9 Å². The van der Waals surface area contributed by atoms with Crippen molar-refractivity contribution in [3.05, 3.63) is 23.3 Å². The van der Waals surface area contributed by atoms with E-state index in [4.69, 9.17) is 0 Å². The predicted octanol–water partition coefficient (Wildman–Crippen LogP) is 1.86. The van der Waals surface area contributed by atoms with Gasteiger partial charge < -0.3 is 10.2 Å². The molecular formula is C17H21F3N4O2. The molecule has 2 amide bonds. The molecule has 2 fully saturated rings. The van der Waals surface area contributed by atoms with E-state index < -0.39 is 11.9 Å². The van der Waals surface area contributed by atoms with Crippen molar-refractivity contribution in [2.45, 2.75) is 51.2 Å². The van der Waals surface area contributed by atoms with Gasteiger partial charge >= 0.3 is 6.18 Å². The number of rotatable bonds is 5. The molecule has 0 unspecified atom stereocenters. The number of aryl methyl sites for hydroxylation is 1. The van der Waals surface area contributed by atoms with E-state index in [9.17, 15) is 22.8 Å². The van der Waals surface area contributed by atoms with Gasteiger partial charge in [-0.25, -0.2) is 9.97 Å². The molecule has 1 aromatic rings. The van der Waals surface area contributed by atoms with Gasteiger partial charge in [0.2, 0.25) is 11.8 Å². The van der Waals surface area contributed by atoms with Crippen molar-refractivity contribution >= 4 is 11.8 Å². The molecule has 26 heavy (non-hydrogen) atoms. The number of nitrogens with zero attached hydrogens (tertiary/aromatic N) is 3. The van der Waals surface area contributed by atoms with Gasteiger partial charge in [0.05, 0.1) is 5.92 Å². The maximum Gasteiger partial charge on any atom is 0.433 e. The molecule has 1 aliphatic heterocycles. The molecule has 142 valence electrons. The minimum absolute atomic E-state index is 0.0519. The highest BCUT2D eigenvalue weighted by atomic mass is 19.4. The molecule has 1 N–H and O–H groups in total. The van der Waals surface area contributed by atoms with Crippen molar-refractivity contribution in [3.63, 3.8) is 0 Å². The number of nitrogens with one attached hydrogen (secondary N) is 1. The number of aromatic nitrogens is 2. The van der Waals surface area contributed by atoms with Crippen LogP contribution in [0, 0.1) is 12.8 Å². The molecule has 1 atom stereocenters. The summed E-state index contributed by atoms with van der Waals surface area (Å²) >= 11 is 0. The summed E-state index contributed by atoms with van der Waals surface area (Å²) in [7, 11) is 0. The number of piperidine rings is 1. The van der Waals surface area contributed by atoms with E-state index in [1.165, 1.54) is 6.92 Å². The maximum absolute atomic E-state index is 12.8. The lowest BCUT2D eigenvalue weighted by molar-refractivity contribution is -0.141. The molecule has 2 aliphatic rings. The van der Waals surface area contributed by atoms with E-state index >= 15 is 0 Å². The molecule has 9 heteroatoms. The lowest BCUT2D eigenvalue weighted by Crippen LogP contribution is -2.46. The number of carbonyl (C=O) groups excluding carboxylic acids is 2. The first-order valence-corrected chi connectivity index (χ1v) is 8.73. The SMILES string of the molecule is Cc1cc(C(F)(F)F)nc(CCNC(=O)[C@@H]2CCC(=O)N(C3CC3)C2)n1. The average Bonchev–Trinajstić information content (AvgIpc) is 3.38. The molecule has 1 aliphatic carbocycles. The zero-order valence-corrected chi connectivity index (χ0v) is 14.5. The third-order valence-electron chi connectivity index (χ3n) is 4.64. The first-order valence-electron chi connectivity index (χ1n) is 8.73. The molecule has 0 radical (unpaired) electrons. The second kappa shape index (κ2) is 7.20. The smallest absolute Gasteiger partial charge is 0.355 e. The van der Waals surface area contributed by atoms with Gasteiger partial charge in [-0.05, 0) is 32.3 Å². The van der Waals surface area contributed by atoms with Crippen molar-refractivity contribution < 1.29 is 22.8 Å². The number of hydrogen-bond donors (Lipinski definition) is 1. The Morgan fingerprint density at radius 1 is 1.31 bits per heavy atom. The number of carbonyl (C=O) groups is 2. The van der Waals surface area contributed by atoms with Crippen molar-refractivity contribution in [1.82, 2.24) is 20.2 Å². The Morgan fingerprint density at radius 3 is 2.69 bits per heavy atom. The Morgan fingerprint density at radius 2 is 2.04 bits per heavy atom. The third kappa shape index (κ3) is 4.50. The van der Waals surface area contributed by atoms with E-state index in [2.05, 4.69) is 15.3 Å². The molecule has 0 bridgehead atoms. The standard InChI is InChI=1S/C17H21F3N4O2/c1-10-8-13(17(18,19)20)23-14(22-10)6-7-21-16(26)11-2-5-15(25)24(9-11)12-3-4-12/h8,11-12H,2-7,9H2,1H3,(H,21,26)/t11-/m1/s1. The summed E-state index contributed by atoms with van der Waals surface area (Å²) in [6, 6.07) is 1.17. The van der Waals surface area contributed by atoms with Crippen LogP contribution in [0.4, 0.5) is 13.2 Å². The van der Waals surface area contributed by atoms with Gasteiger partial charge in [0.1, 0.15) is 11.5 Å². The second-order valence-electron chi connectivity index (χ2n) is 6.86. The van der Waals surface area contributed by atoms with Crippen LogP contribution in [0.3, 0.4) is 0 Å². The summed E-state index contributed by atoms with van der Waals surface area (Å²) in [6.07, 6.45) is -1.54. The average molecular weight is 370 g/mol. The zero-order chi connectivity index (χ0) is 18.9. The fourth-order valence-electron chi connectivity index (χ4n) is 3.15. The highest BCUT2D eigenvalue weighted by Gasteiger charge is 2.38. The molecule has 0 aromatic carbocycles. The summed E-state index contributed by atoms with van der Waals surface area (Å²) in [5.41, 5.74) is -0.739. The fourth-order valence-corrected chi connectivity index (χ4v) is 3.15. The summed E-state index contributed by atoms with van der Waals surface area (Å²) in [4.78, 5) is 33.5. The van der Waals surface area contributed by atoms with Crippen molar-refractivity contribution in [2.75, 3.05) is 13.1 Å². The number of likely N-dealkylation sites (tertiary alicyclic amines) is 1. The monoisotopic (exact) mass is 370 g/mol. The van der Waals surface area contributed by atoms with Crippen LogP contribution in [0.2, 0.25) is 0 Å². The quantitative estimate of drug-likeness (QED) is 0.859. The number of amides is 2. The van der Waals surface area contributed by atoms with Crippen molar-refractivity contribution in [2.24, 2.45) is 5.92 Å². The van der Waals surface area contributed by atoms with E-state index in [1.54, 1.807) is 4.90 Å². The van der Waals surface area contributed by atoms with Crippen LogP contribution in [0.15, 0.2) is 6.07 Å². The topological polar surface area (TPSA) is 75.2 Å². The molecule has 1 saturated carbocycles. The van der Waals surface area contributed by atoms with Crippen LogP contribution >= 0.6 is 0 Å². The summed E-state index contributed by atoms with van der Waals surface area (Å²) in [5.74, 6) is -0.287. The van der Waals surface area contributed by atoms with Crippen molar-refractivity contribution in [1.29, 1.82) is 0 Å². The number of hydrogen-bond acceptors (Lipinski definition) is 4. The Bertz CT molecular complexity index is 704. The third-order valence-corrected chi connectivity index (χ3v) is 4.64. The summed E-state index contributed by atoms with van der Waals surface area (Å²) in [6.45, 7) is 2.06. The van der Waals surface area contributed by atoms with E-state index in [0.29, 0.717) is 19.4 Å². The van der Waals surface area contributed by atoms with Gasteiger partial charge in [0.25, 0.3) is 0 Å². The maximum atomic E-state index is 12.8. The molecule has 6 nitrogen and oxygen atoms in total. The second-order valence-corrected chi connectivity index (χ2v) is 6.86. The first kappa shape index (κ1) is 18.6. The van der Waals surface area contributed by atoms with Gasteiger partial charge in [-0.2, -0.15) is 13.2 Å². The van der Waals surface area contributed by atoms with Gasteiger partial charge in [-0.15, -0.1) is 0 Å². The Labute approximate surface area is 149 Å². The van der Waals surface area contributed by atoms with Gasteiger partial charge in [0.15, 0.2) is 0 Å². The highest BCUT2D eigenvalue weighted by Crippen LogP contribution is 2.31. The lowest BCUT2D eigenvalue weighted by Gasteiger charge is -2.32. The molecule has 2 heterocycles. The summed E-state index contributed by atoms with van der Waals surface area (Å²) < 4.78 is 38.4.